The van der Waals surface area contributed by atoms with Gasteiger partial charge in [0.05, 0.1) is 25.7 Å². The fourth-order valence-electron chi connectivity index (χ4n) is 2.03. The van der Waals surface area contributed by atoms with Crippen molar-refractivity contribution in [2.24, 2.45) is 5.11 Å². The van der Waals surface area contributed by atoms with Crippen LogP contribution in [0.15, 0.2) is 5.11 Å². The van der Waals surface area contributed by atoms with Gasteiger partial charge in [-0.25, -0.2) is 0 Å². The molecule has 1 heterocycles. The molecule has 7 heteroatoms. The van der Waals surface area contributed by atoms with Crippen molar-refractivity contribution in [3.8, 4) is 0 Å². The Morgan fingerprint density at radius 2 is 2.11 bits per heavy atom. The lowest BCUT2D eigenvalue weighted by atomic mass is 10.1. The minimum absolute atomic E-state index is 0.00452. The minimum atomic E-state index is -0.574. The van der Waals surface area contributed by atoms with Crippen molar-refractivity contribution in [3.63, 3.8) is 0 Å². The highest BCUT2D eigenvalue weighted by Gasteiger charge is 2.19. The van der Waals surface area contributed by atoms with Crippen molar-refractivity contribution < 1.29 is 14.6 Å². The standard InChI is InChI=1S/C12H22N4O3/c13-15-14-5-3-1-2-4-11(17)10-12(18)16-6-8-19-9-7-16/h11,17H,1-10H2. The molecule has 1 rings (SSSR count). The Labute approximate surface area is 113 Å². The molecule has 19 heavy (non-hydrogen) atoms. The molecular formula is C12H22N4O3. The van der Waals surface area contributed by atoms with E-state index in [4.69, 9.17) is 10.3 Å². The summed E-state index contributed by atoms with van der Waals surface area (Å²) in [6, 6.07) is 0. The molecule has 1 amide bonds. The molecule has 0 aromatic carbocycles. The summed E-state index contributed by atoms with van der Waals surface area (Å²) in [7, 11) is 0. The second kappa shape index (κ2) is 9.61. The number of aliphatic hydroxyl groups excluding tert-OH is 1. The van der Waals surface area contributed by atoms with Crippen LogP contribution >= 0.6 is 0 Å². The molecule has 0 saturated carbocycles. The van der Waals surface area contributed by atoms with Crippen LogP contribution in [0.25, 0.3) is 10.4 Å². The van der Waals surface area contributed by atoms with Crippen molar-refractivity contribution in [2.45, 2.75) is 38.2 Å². The molecule has 0 aromatic heterocycles. The van der Waals surface area contributed by atoms with Gasteiger partial charge in [-0.15, -0.1) is 0 Å². The summed E-state index contributed by atoms with van der Waals surface area (Å²) in [6.07, 6.45) is 2.81. The lowest BCUT2D eigenvalue weighted by Crippen LogP contribution is -2.41. The highest BCUT2D eigenvalue weighted by atomic mass is 16.5. The molecule has 0 bridgehead atoms. The van der Waals surface area contributed by atoms with Crippen molar-refractivity contribution in [1.29, 1.82) is 0 Å². The lowest BCUT2D eigenvalue weighted by molar-refractivity contribution is -0.137. The fraction of sp³-hybridized carbons (Fsp3) is 0.917. The number of carbonyl (C=O) groups is 1. The molecule has 1 N–H and O–H groups in total. The molecule has 1 atom stereocenters. The average molecular weight is 270 g/mol. The molecule has 0 radical (unpaired) electrons. The second-order valence-corrected chi connectivity index (χ2v) is 4.65. The Bertz CT molecular complexity index is 312. The van der Waals surface area contributed by atoms with E-state index in [1.807, 2.05) is 0 Å². The van der Waals surface area contributed by atoms with Crippen molar-refractivity contribution in [3.05, 3.63) is 10.4 Å². The Morgan fingerprint density at radius 1 is 1.37 bits per heavy atom. The zero-order valence-corrected chi connectivity index (χ0v) is 11.2. The van der Waals surface area contributed by atoms with Crippen molar-refractivity contribution in [1.82, 2.24) is 4.90 Å². The maximum atomic E-state index is 11.8. The first-order valence-electron chi connectivity index (χ1n) is 6.78. The van der Waals surface area contributed by atoms with Gasteiger partial charge in [0, 0.05) is 24.5 Å². The topological polar surface area (TPSA) is 98.5 Å². The van der Waals surface area contributed by atoms with Crippen LogP contribution in [0.1, 0.15) is 32.1 Å². The Kier molecular flexibility index (Phi) is 7.97. The summed E-state index contributed by atoms with van der Waals surface area (Å²) >= 11 is 0. The number of hydrogen-bond acceptors (Lipinski definition) is 4. The number of ether oxygens (including phenoxy) is 1. The lowest BCUT2D eigenvalue weighted by Gasteiger charge is -2.27. The van der Waals surface area contributed by atoms with Crippen LogP contribution in [0.4, 0.5) is 0 Å². The van der Waals surface area contributed by atoms with Gasteiger partial charge in [0.1, 0.15) is 0 Å². The number of hydrogen-bond donors (Lipinski definition) is 1. The number of amides is 1. The first-order chi connectivity index (χ1) is 9.24. The van der Waals surface area contributed by atoms with Gasteiger partial charge in [0.2, 0.25) is 5.91 Å². The normalized spacial score (nSPS) is 16.8. The molecule has 1 aliphatic heterocycles. The van der Waals surface area contributed by atoms with Gasteiger partial charge in [-0.1, -0.05) is 18.0 Å². The summed E-state index contributed by atoms with van der Waals surface area (Å²) in [5.74, 6) is 0.00452. The molecular weight excluding hydrogens is 248 g/mol. The zero-order valence-electron chi connectivity index (χ0n) is 11.2. The Morgan fingerprint density at radius 3 is 2.79 bits per heavy atom. The number of nitrogens with zero attached hydrogens (tertiary/aromatic N) is 4. The number of carbonyl (C=O) groups excluding carboxylic acids is 1. The van der Waals surface area contributed by atoms with Gasteiger partial charge in [-0.05, 0) is 18.4 Å². The van der Waals surface area contributed by atoms with Crippen LogP contribution in [0.2, 0.25) is 0 Å². The summed E-state index contributed by atoms with van der Waals surface area (Å²) in [5.41, 5.74) is 8.10. The molecule has 1 aliphatic rings. The average Bonchev–Trinajstić information content (AvgIpc) is 2.43. The molecule has 7 nitrogen and oxygen atoms in total. The summed E-state index contributed by atoms with van der Waals surface area (Å²) < 4.78 is 5.18. The first kappa shape index (κ1) is 15.8. The third-order valence-electron chi connectivity index (χ3n) is 3.13. The minimum Gasteiger partial charge on any atom is -0.393 e. The molecule has 0 aromatic rings. The maximum Gasteiger partial charge on any atom is 0.225 e. The molecule has 0 spiro atoms. The van der Waals surface area contributed by atoms with E-state index < -0.39 is 6.10 Å². The van der Waals surface area contributed by atoms with Crippen LogP contribution < -0.4 is 0 Å². The van der Waals surface area contributed by atoms with E-state index in [2.05, 4.69) is 10.0 Å². The fourth-order valence-corrected chi connectivity index (χ4v) is 2.03. The maximum absolute atomic E-state index is 11.8. The monoisotopic (exact) mass is 270 g/mol. The van der Waals surface area contributed by atoms with Crippen molar-refractivity contribution >= 4 is 5.91 Å². The van der Waals surface area contributed by atoms with E-state index in [-0.39, 0.29) is 12.3 Å². The van der Waals surface area contributed by atoms with Crippen LogP contribution in [0.5, 0.6) is 0 Å². The third-order valence-corrected chi connectivity index (χ3v) is 3.13. The van der Waals surface area contributed by atoms with Gasteiger partial charge in [-0.2, -0.15) is 0 Å². The van der Waals surface area contributed by atoms with Crippen LogP contribution in [0, 0.1) is 0 Å². The van der Waals surface area contributed by atoms with E-state index in [1.165, 1.54) is 0 Å². The molecule has 1 fully saturated rings. The SMILES string of the molecule is [N-]=[N+]=NCCCCCC(O)CC(=O)N1CCOCC1. The third kappa shape index (κ3) is 7.00. The Hall–Kier alpha value is -1.30. The van der Waals surface area contributed by atoms with Crippen LogP contribution in [-0.2, 0) is 9.53 Å². The number of rotatable bonds is 8. The summed E-state index contributed by atoms with van der Waals surface area (Å²) in [6.45, 7) is 2.91. The van der Waals surface area contributed by atoms with Gasteiger partial charge in [0.25, 0.3) is 0 Å². The van der Waals surface area contributed by atoms with E-state index >= 15 is 0 Å². The molecule has 0 aliphatic carbocycles. The Balaban J connectivity index is 2.07. The number of azide groups is 1. The predicted molar refractivity (Wildman–Crippen MR) is 70.5 cm³/mol. The second-order valence-electron chi connectivity index (χ2n) is 4.65. The van der Waals surface area contributed by atoms with Gasteiger partial charge in [0.15, 0.2) is 0 Å². The largest absolute Gasteiger partial charge is 0.393 e. The number of aliphatic hydroxyl groups is 1. The van der Waals surface area contributed by atoms with E-state index in [9.17, 15) is 9.90 Å². The molecule has 1 saturated heterocycles. The smallest absolute Gasteiger partial charge is 0.225 e. The zero-order chi connectivity index (χ0) is 13.9. The van der Waals surface area contributed by atoms with E-state index in [0.29, 0.717) is 39.3 Å². The van der Waals surface area contributed by atoms with Crippen LogP contribution in [-0.4, -0.2) is 54.9 Å². The highest BCUT2D eigenvalue weighted by molar-refractivity contribution is 5.76. The summed E-state index contributed by atoms with van der Waals surface area (Å²) in [5, 5.41) is 13.2. The summed E-state index contributed by atoms with van der Waals surface area (Å²) in [4.78, 5) is 16.3. The van der Waals surface area contributed by atoms with Gasteiger partial charge < -0.3 is 14.7 Å². The van der Waals surface area contributed by atoms with Gasteiger partial charge >= 0.3 is 0 Å². The van der Waals surface area contributed by atoms with Crippen molar-refractivity contribution in [2.75, 3.05) is 32.8 Å². The van der Waals surface area contributed by atoms with E-state index in [0.717, 1.165) is 19.3 Å². The van der Waals surface area contributed by atoms with Crippen LogP contribution in [0.3, 0.4) is 0 Å². The first-order valence-corrected chi connectivity index (χ1v) is 6.78. The van der Waals surface area contributed by atoms with E-state index in [1.54, 1.807) is 4.90 Å². The molecule has 108 valence electrons. The predicted octanol–water partition coefficient (Wildman–Crippen LogP) is 1.47. The van der Waals surface area contributed by atoms with Gasteiger partial charge in [-0.3, -0.25) is 4.79 Å². The number of morpholine rings is 1. The quantitative estimate of drug-likeness (QED) is 0.313. The number of unbranched alkanes of at least 4 members (excludes halogenated alkanes) is 2. The molecule has 1 unspecified atom stereocenters. The highest BCUT2D eigenvalue weighted by Crippen LogP contribution is 2.09.